The monoisotopic (exact) mass is 412 g/mol. The van der Waals surface area contributed by atoms with E-state index in [1.165, 1.54) is 17.3 Å². The first-order valence-electron chi connectivity index (χ1n) is 9.33. The van der Waals surface area contributed by atoms with Gasteiger partial charge in [-0.15, -0.1) is 10.2 Å². The summed E-state index contributed by atoms with van der Waals surface area (Å²) in [6, 6.07) is 15.7. The number of hydrogen-bond donors (Lipinski definition) is 0. The number of carbonyl (C=O) groups excluding carboxylic acids is 1. The highest BCUT2D eigenvalue weighted by Crippen LogP contribution is 2.32. The summed E-state index contributed by atoms with van der Waals surface area (Å²) in [5, 5.41) is 9.85. The maximum Gasteiger partial charge on any atom is 0.240 e. The SMILES string of the molecule is CCn1c(SC(C)C(=O)N2CCc3ccccc32)nnc1-c1cccc(Cl)c1. The molecule has 1 amide bonds. The van der Waals surface area contributed by atoms with E-state index in [-0.39, 0.29) is 11.2 Å². The molecule has 0 bridgehead atoms. The summed E-state index contributed by atoms with van der Waals surface area (Å²) in [6.07, 6.45) is 0.906. The Morgan fingerprint density at radius 1 is 1.21 bits per heavy atom. The molecule has 0 N–H and O–H groups in total. The van der Waals surface area contributed by atoms with Crippen LogP contribution in [0.2, 0.25) is 5.02 Å². The maximum atomic E-state index is 13.1. The van der Waals surface area contributed by atoms with E-state index < -0.39 is 0 Å². The summed E-state index contributed by atoms with van der Waals surface area (Å²) in [6.45, 7) is 5.42. The molecule has 144 valence electrons. The average molecular weight is 413 g/mol. The van der Waals surface area contributed by atoms with Gasteiger partial charge in [0.25, 0.3) is 0 Å². The lowest BCUT2D eigenvalue weighted by molar-refractivity contribution is -0.117. The molecule has 7 heteroatoms. The van der Waals surface area contributed by atoms with Crippen molar-refractivity contribution in [2.75, 3.05) is 11.4 Å². The fourth-order valence-corrected chi connectivity index (χ4v) is 4.66. The highest BCUT2D eigenvalue weighted by Gasteiger charge is 2.29. The quantitative estimate of drug-likeness (QED) is 0.570. The van der Waals surface area contributed by atoms with Gasteiger partial charge in [-0.1, -0.05) is 53.7 Å². The molecular weight excluding hydrogens is 392 g/mol. The van der Waals surface area contributed by atoms with E-state index in [9.17, 15) is 4.79 Å². The molecule has 1 unspecified atom stereocenters. The minimum Gasteiger partial charge on any atom is -0.311 e. The van der Waals surface area contributed by atoms with Gasteiger partial charge in [0.1, 0.15) is 0 Å². The number of carbonyl (C=O) groups is 1. The second kappa shape index (κ2) is 7.97. The zero-order valence-corrected chi connectivity index (χ0v) is 17.4. The summed E-state index contributed by atoms with van der Waals surface area (Å²) in [7, 11) is 0. The Kier molecular flexibility index (Phi) is 5.42. The standard InChI is InChI=1S/C21H21ClN4OS/c1-3-25-19(16-8-6-9-17(22)13-16)23-24-21(25)28-14(2)20(27)26-12-11-15-7-4-5-10-18(15)26/h4-10,13-14H,3,11-12H2,1-2H3. The molecule has 0 saturated heterocycles. The summed E-state index contributed by atoms with van der Waals surface area (Å²) >= 11 is 7.57. The Labute approximate surface area is 173 Å². The summed E-state index contributed by atoms with van der Waals surface area (Å²) < 4.78 is 2.03. The number of anilines is 1. The highest BCUT2D eigenvalue weighted by atomic mass is 35.5. The Morgan fingerprint density at radius 2 is 2.04 bits per heavy atom. The number of aromatic nitrogens is 3. The molecule has 2 heterocycles. The number of amides is 1. The van der Waals surface area contributed by atoms with Crippen molar-refractivity contribution in [1.82, 2.24) is 14.8 Å². The maximum absolute atomic E-state index is 13.1. The first-order chi connectivity index (χ1) is 13.6. The van der Waals surface area contributed by atoms with Crippen molar-refractivity contribution in [1.29, 1.82) is 0 Å². The summed E-state index contributed by atoms with van der Waals surface area (Å²) in [5.74, 6) is 0.864. The van der Waals surface area contributed by atoms with E-state index in [0.29, 0.717) is 11.6 Å². The molecule has 0 spiro atoms. The Morgan fingerprint density at radius 3 is 2.82 bits per heavy atom. The largest absolute Gasteiger partial charge is 0.311 e. The van der Waals surface area contributed by atoms with Crippen molar-refractivity contribution in [3.63, 3.8) is 0 Å². The molecule has 4 rings (SSSR count). The predicted octanol–water partition coefficient (Wildman–Crippen LogP) is 4.69. The topological polar surface area (TPSA) is 51.0 Å². The minimum absolute atomic E-state index is 0.102. The predicted molar refractivity (Wildman–Crippen MR) is 114 cm³/mol. The smallest absolute Gasteiger partial charge is 0.240 e. The third-order valence-corrected chi connectivity index (χ3v) is 6.20. The van der Waals surface area contributed by atoms with E-state index >= 15 is 0 Å². The van der Waals surface area contributed by atoms with Gasteiger partial charge in [-0.05, 0) is 44.0 Å². The zero-order chi connectivity index (χ0) is 19.7. The van der Waals surface area contributed by atoms with Gasteiger partial charge >= 0.3 is 0 Å². The molecular formula is C21H21ClN4OS. The van der Waals surface area contributed by atoms with Gasteiger partial charge in [0, 0.05) is 29.4 Å². The molecule has 0 aliphatic carbocycles. The fourth-order valence-electron chi connectivity index (χ4n) is 3.50. The number of benzene rings is 2. The molecule has 3 aromatic rings. The van der Waals surface area contributed by atoms with Gasteiger partial charge in [0.05, 0.1) is 5.25 Å². The van der Waals surface area contributed by atoms with Crippen LogP contribution in [0, 0.1) is 0 Å². The van der Waals surface area contributed by atoms with Crippen LogP contribution in [-0.2, 0) is 17.8 Å². The second-order valence-corrected chi connectivity index (χ2v) is 8.43. The first-order valence-corrected chi connectivity index (χ1v) is 10.6. The molecule has 5 nitrogen and oxygen atoms in total. The van der Waals surface area contributed by atoms with Crippen LogP contribution in [0.5, 0.6) is 0 Å². The van der Waals surface area contributed by atoms with Gasteiger partial charge in [-0.3, -0.25) is 4.79 Å². The molecule has 1 aromatic heterocycles. The van der Waals surface area contributed by atoms with E-state index in [0.717, 1.165) is 35.2 Å². The van der Waals surface area contributed by atoms with Crippen LogP contribution >= 0.6 is 23.4 Å². The summed E-state index contributed by atoms with van der Waals surface area (Å²) in [4.78, 5) is 15.0. The van der Waals surface area contributed by atoms with E-state index in [1.54, 1.807) is 0 Å². The number of nitrogens with zero attached hydrogens (tertiary/aromatic N) is 4. The molecule has 1 aliphatic heterocycles. The Bertz CT molecular complexity index is 1020. The highest BCUT2D eigenvalue weighted by molar-refractivity contribution is 8.00. The molecule has 0 fully saturated rings. The van der Waals surface area contributed by atoms with Crippen LogP contribution in [0.15, 0.2) is 53.7 Å². The molecule has 1 atom stereocenters. The van der Waals surface area contributed by atoms with E-state index in [4.69, 9.17) is 11.6 Å². The molecule has 1 aliphatic rings. The molecule has 0 radical (unpaired) electrons. The van der Waals surface area contributed by atoms with Crippen molar-refractivity contribution in [3.8, 4) is 11.4 Å². The van der Waals surface area contributed by atoms with Crippen LogP contribution in [0.25, 0.3) is 11.4 Å². The number of hydrogen-bond acceptors (Lipinski definition) is 4. The summed E-state index contributed by atoms with van der Waals surface area (Å²) in [5.41, 5.74) is 3.17. The Hall–Kier alpha value is -2.31. The molecule has 28 heavy (non-hydrogen) atoms. The number of halogens is 1. The first kappa shape index (κ1) is 19.0. The lowest BCUT2D eigenvalue weighted by Gasteiger charge is -2.21. The van der Waals surface area contributed by atoms with E-state index in [2.05, 4.69) is 16.3 Å². The lowest BCUT2D eigenvalue weighted by Crippen LogP contribution is -2.35. The van der Waals surface area contributed by atoms with Crippen molar-refractivity contribution in [2.45, 2.75) is 37.2 Å². The van der Waals surface area contributed by atoms with Crippen molar-refractivity contribution < 1.29 is 4.79 Å². The normalized spacial score (nSPS) is 14.2. The molecule has 0 saturated carbocycles. The zero-order valence-electron chi connectivity index (χ0n) is 15.8. The van der Waals surface area contributed by atoms with Crippen LogP contribution in [-0.4, -0.2) is 32.5 Å². The van der Waals surface area contributed by atoms with Gasteiger partial charge in [0.2, 0.25) is 5.91 Å². The third-order valence-electron chi connectivity index (χ3n) is 4.90. The van der Waals surface area contributed by atoms with Crippen LogP contribution in [0.4, 0.5) is 5.69 Å². The molecule has 2 aromatic carbocycles. The minimum atomic E-state index is -0.257. The number of thioether (sulfide) groups is 1. The van der Waals surface area contributed by atoms with Gasteiger partial charge in [-0.25, -0.2) is 0 Å². The lowest BCUT2D eigenvalue weighted by atomic mass is 10.2. The second-order valence-electron chi connectivity index (χ2n) is 6.69. The van der Waals surface area contributed by atoms with Crippen LogP contribution < -0.4 is 4.90 Å². The third kappa shape index (κ3) is 3.54. The number of rotatable bonds is 5. The van der Waals surface area contributed by atoms with Crippen molar-refractivity contribution in [2.24, 2.45) is 0 Å². The van der Waals surface area contributed by atoms with E-state index in [1.807, 2.05) is 65.8 Å². The van der Waals surface area contributed by atoms with Crippen LogP contribution in [0.1, 0.15) is 19.4 Å². The van der Waals surface area contributed by atoms with Crippen molar-refractivity contribution in [3.05, 3.63) is 59.1 Å². The Balaban J connectivity index is 1.55. The van der Waals surface area contributed by atoms with Gasteiger partial charge in [-0.2, -0.15) is 0 Å². The van der Waals surface area contributed by atoms with Crippen LogP contribution in [0.3, 0.4) is 0 Å². The number of fused-ring (bicyclic) bond motifs is 1. The van der Waals surface area contributed by atoms with Crippen molar-refractivity contribution >= 4 is 35.0 Å². The van der Waals surface area contributed by atoms with Gasteiger partial charge in [0.15, 0.2) is 11.0 Å². The average Bonchev–Trinajstić information content (AvgIpc) is 3.31. The van der Waals surface area contributed by atoms with Gasteiger partial charge < -0.3 is 9.47 Å². The fraction of sp³-hybridized carbons (Fsp3) is 0.286. The number of para-hydroxylation sites is 1.